The molecule has 0 heterocycles. The van der Waals surface area contributed by atoms with Crippen molar-refractivity contribution in [2.45, 2.75) is 24.9 Å². The van der Waals surface area contributed by atoms with E-state index in [9.17, 15) is 35.5 Å². The van der Waals surface area contributed by atoms with E-state index in [1.165, 1.54) is 24.3 Å². The number of aryl methyl sites for hydroxylation is 1. The highest BCUT2D eigenvalue weighted by atomic mass is 19.4. The molecule has 156 valence electrons. The monoisotopic (exact) mass is 421 g/mol. The standard InChI is InChI=1S/C18H14F7N3O/c1-10-6-8-11(9-7-10)14(26)27-16(17(20,21)22,18(23,24)25)28-15(29)12-4-2-3-5-13(12)19/h2-9H,1H3,(H2,26,27)(H,28,29). The fourth-order valence-electron chi connectivity index (χ4n) is 2.30. The molecule has 0 fully saturated rings. The van der Waals surface area contributed by atoms with Crippen molar-refractivity contribution in [2.75, 3.05) is 0 Å². The second kappa shape index (κ2) is 7.72. The van der Waals surface area contributed by atoms with Gasteiger partial charge >= 0.3 is 18.0 Å². The molecule has 0 unspecified atom stereocenters. The molecule has 29 heavy (non-hydrogen) atoms. The van der Waals surface area contributed by atoms with Crippen LogP contribution < -0.4 is 11.1 Å². The molecule has 2 rings (SSSR count). The molecular formula is C18H14F7N3O. The number of amides is 1. The lowest BCUT2D eigenvalue weighted by Crippen LogP contribution is -2.67. The van der Waals surface area contributed by atoms with Crippen molar-refractivity contribution in [1.29, 1.82) is 0 Å². The van der Waals surface area contributed by atoms with Crippen LogP contribution in [0.25, 0.3) is 0 Å². The van der Waals surface area contributed by atoms with Gasteiger partial charge in [-0.05, 0) is 19.1 Å². The number of nitrogens with two attached hydrogens (primary N) is 1. The summed E-state index contributed by atoms with van der Waals surface area (Å²) in [6, 6.07) is 8.77. The first-order chi connectivity index (χ1) is 13.3. The lowest BCUT2D eigenvalue weighted by atomic mass is 10.1. The number of amidine groups is 1. The summed E-state index contributed by atoms with van der Waals surface area (Å²) < 4.78 is 95.3. The maximum atomic E-state index is 13.7. The zero-order valence-electron chi connectivity index (χ0n) is 14.7. The second-order valence-electron chi connectivity index (χ2n) is 6.00. The number of nitrogens with zero attached hydrogens (tertiary/aromatic N) is 1. The van der Waals surface area contributed by atoms with Crippen LogP contribution in [0.4, 0.5) is 30.7 Å². The van der Waals surface area contributed by atoms with Crippen molar-refractivity contribution in [3.05, 3.63) is 71.0 Å². The Balaban J connectivity index is 2.63. The third kappa shape index (κ3) is 4.49. The van der Waals surface area contributed by atoms with Gasteiger partial charge in [-0.3, -0.25) is 4.79 Å². The molecule has 0 aromatic heterocycles. The third-order valence-corrected chi connectivity index (χ3v) is 3.87. The average Bonchev–Trinajstić information content (AvgIpc) is 2.59. The Morgan fingerprint density at radius 2 is 1.45 bits per heavy atom. The molecule has 1 amide bonds. The molecule has 0 saturated carbocycles. The van der Waals surface area contributed by atoms with Gasteiger partial charge in [-0.25, -0.2) is 9.38 Å². The second-order valence-corrected chi connectivity index (χ2v) is 6.00. The average molecular weight is 421 g/mol. The number of alkyl halides is 6. The van der Waals surface area contributed by atoms with Crippen molar-refractivity contribution in [2.24, 2.45) is 10.7 Å². The molecule has 0 aliphatic heterocycles. The molecular weight excluding hydrogens is 407 g/mol. The topological polar surface area (TPSA) is 67.5 Å². The molecule has 4 nitrogen and oxygen atoms in total. The zero-order valence-corrected chi connectivity index (χ0v) is 14.7. The number of aliphatic imine (C=N–C) groups is 1. The summed E-state index contributed by atoms with van der Waals surface area (Å²) in [6.07, 6.45) is -12.3. The first kappa shape index (κ1) is 22.2. The Morgan fingerprint density at radius 3 is 1.93 bits per heavy atom. The SMILES string of the molecule is Cc1ccc(/C(N)=N/C(NC(=O)c2ccccc2F)(C(F)(F)F)C(F)(F)F)cc1. The fourth-order valence-corrected chi connectivity index (χ4v) is 2.30. The van der Waals surface area contributed by atoms with E-state index in [1.54, 1.807) is 6.92 Å². The van der Waals surface area contributed by atoms with Crippen molar-refractivity contribution < 1.29 is 35.5 Å². The fraction of sp³-hybridized carbons (Fsp3) is 0.222. The summed E-state index contributed by atoms with van der Waals surface area (Å²) in [5.41, 5.74) is -0.269. The van der Waals surface area contributed by atoms with Gasteiger partial charge in [0, 0.05) is 5.56 Å². The molecule has 0 aliphatic carbocycles. The highest BCUT2D eigenvalue weighted by Crippen LogP contribution is 2.44. The Bertz CT molecular complexity index is 904. The third-order valence-electron chi connectivity index (χ3n) is 3.87. The van der Waals surface area contributed by atoms with E-state index in [1.807, 2.05) is 0 Å². The van der Waals surface area contributed by atoms with Gasteiger partial charge in [0.2, 0.25) is 0 Å². The normalized spacial score (nSPS) is 13.3. The Morgan fingerprint density at radius 1 is 0.931 bits per heavy atom. The molecule has 0 saturated heterocycles. The summed E-state index contributed by atoms with van der Waals surface area (Å²) >= 11 is 0. The predicted octanol–water partition coefficient (Wildman–Crippen LogP) is 4.09. The van der Waals surface area contributed by atoms with Crippen LogP contribution >= 0.6 is 0 Å². The molecule has 0 aliphatic rings. The number of carbonyl (C=O) groups is 1. The smallest absolute Gasteiger partial charge is 0.383 e. The number of rotatable bonds is 4. The molecule has 0 radical (unpaired) electrons. The largest absolute Gasteiger partial charge is 0.441 e. The van der Waals surface area contributed by atoms with E-state index in [0.717, 1.165) is 23.5 Å². The van der Waals surface area contributed by atoms with Crippen LogP contribution in [-0.4, -0.2) is 29.8 Å². The van der Waals surface area contributed by atoms with Crippen molar-refractivity contribution in [3.8, 4) is 0 Å². The summed E-state index contributed by atoms with van der Waals surface area (Å²) in [7, 11) is 0. The molecule has 2 aromatic carbocycles. The Labute approximate surface area is 160 Å². The molecule has 0 spiro atoms. The predicted molar refractivity (Wildman–Crippen MR) is 90.6 cm³/mol. The Kier molecular flexibility index (Phi) is 5.91. The minimum absolute atomic E-state index is 0.228. The van der Waals surface area contributed by atoms with Crippen LogP contribution in [0.1, 0.15) is 21.5 Å². The van der Waals surface area contributed by atoms with E-state index in [-0.39, 0.29) is 5.56 Å². The maximum absolute atomic E-state index is 13.7. The van der Waals surface area contributed by atoms with Crippen LogP contribution in [0.5, 0.6) is 0 Å². The van der Waals surface area contributed by atoms with Crippen molar-refractivity contribution >= 4 is 11.7 Å². The molecule has 11 heteroatoms. The van der Waals surface area contributed by atoms with E-state index < -0.39 is 41.1 Å². The van der Waals surface area contributed by atoms with Crippen molar-refractivity contribution in [1.82, 2.24) is 5.32 Å². The highest BCUT2D eigenvalue weighted by Gasteiger charge is 2.73. The molecule has 2 aromatic rings. The zero-order chi connectivity index (χ0) is 22.0. The van der Waals surface area contributed by atoms with Crippen LogP contribution in [-0.2, 0) is 0 Å². The van der Waals surface area contributed by atoms with Gasteiger partial charge in [0.1, 0.15) is 11.7 Å². The van der Waals surface area contributed by atoms with Crippen LogP contribution in [0, 0.1) is 12.7 Å². The lowest BCUT2D eigenvalue weighted by Gasteiger charge is -2.34. The van der Waals surface area contributed by atoms with E-state index in [0.29, 0.717) is 11.6 Å². The summed E-state index contributed by atoms with van der Waals surface area (Å²) in [4.78, 5) is 14.7. The summed E-state index contributed by atoms with van der Waals surface area (Å²) in [5, 5.41) is 0.783. The van der Waals surface area contributed by atoms with E-state index in [2.05, 4.69) is 4.99 Å². The molecule has 0 bridgehead atoms. The number of halogens is 7. The number of benzene rings is 2. The van der Waals surface area contributed by atoms with E-state index in [4.69, 9.17) is 5.73 Å². The van der Waals surface area contributed by atoms with Crippen molar-refractivity contribution in [3.63, 3.8) is 0 Å². The number of carbonyl (C=O) groups excluding carboxylic acids is 1. The summed E-state index contributed by atoms with van der Waals surface area (Å²) in [6.45, 7) is 1.64. The van der Waals surface area contributed by atoms with Crippen LogP contribution in [0.2, 0.25) is 0 Å². The van der Waals surface area contributed by atoms with Gasteiger partial charge in [-0.1, -0.05) is 42.0 Å². The van der Waals surface area contributed by atoms with E-state index >= 15 is 0 Å². The van der Waals surface area contributed by atoms with Crippen LogP contribution in [0.3, 0.4) is 0 Å². The highest BCUT2D eigenvalue weighted by molar-refractivity contribution is 5.99. The first-order valence-electron chi connectivity index (χ1n) is 7.91. The summed E-state index contributed by atoms with van der Waals surface area (Å²) in [5.74, 6) is -4.38. The van der Waals surface area contributed by atoms with Gasteiger partial charge in [0.05, 0.1) is 5.56 Å². The maximum Gasteiger partial charge on any atom is 0.441 e. The molecule has 0 atom stereocenters. The molecule has 3 N–H and O–H groups in total. The van der Waals surface area contributed by atoms with Crippen LogP contribution in [0.15, 0.2) is 53.5 Å². The number of nitrogens with one attached hydrogen (secondary N) is 1. The van der Waals surface area contributed by atoms with Gasteiger partial charge < -0.3 is 11.1 Å². The van der Waals surface area contributed by atoms with Gasteiger partial charge in [0.15, 0.2) is 0 Å². The quantitative estimate of drug-likeness (QED) is 0.444. The number of hydrogen-bond acceptors (Lipinski definition) is 2. The van der Waals surface area contributed by atoms with Gasteiger partial charge in [0.25, 0.3) is 5.91 Å². The van der Waals surface area contributed by atoms with Gasteiger partial charge in [-0.2, -0.15) is 26.3 Å². The lowest BCUT2D eigenvalue weighted by molar-refractivity contribution is -0.301. The minimum Gasteiger partial charge on any atom is -0.383 e. The van der Waals surface area contributed by atoms with Gasteiger partial charge in [-0.15, -0.1) is 0 Å². The Hall–Kier alpha value is -3.11. The number of hydrogen-bond donors (Lipinski definition) is 2. The minimum atomic E-state index is -6.14. The first-order valence-corrected chi connectivity index (χ1v) is 7.91.